The van der Waals surface area contributed by atoms with Crippen LogP contribution in [-0.2, 0) is 4.79 Å². The van der Waals surface area contributed by atoms with Crippen molar-refractivity contribution < 1.29 is 4.79 Å². The highest BCUT2D eigenvalue weighted by Gasteiger charge is 2.31. The molecule has 2 heteroatoms. The van der Waals surface area contributed by atoms with E-state index in [1.807, 2.05) is 0 Å². The molecule has 0 heterocycles. The molecule has 1 saturated carbocycles. The highest BCUT2D eigenvalue weighted by Crippen LogP contribution is 2.41. The number of fused-ring (bicyclic) bond motifs is 2. The van der Waals surface area contributed by atoms with Crippen LogP contribution in [0.15, 0.2) is 11.6 Å². The van der Waals surface area contributed by atoms with Crippen LogP contribution in [0.5, 0.6) is 0 Å². The summed E-state index contributed by atoms with van der Waals surface area (Å²) >= 11 is 5.44. The molecule has 3 aliphatic rings. The van der Waals surface area contributed by atoms with Gasteiger partial charge in [0.1, 0.15) is 0 Å². The first kappa shape index (κ1) is 7.35. The van der Waals surface area contributed by atoms with Crippen LogP contribution in [-0.4, -0.2) is 5.24 Å². The molecule has 1 nitrogen and oxygen atoms in total. The molecular formula is C9H11ClO. The van der Waals surface area contributed by atoms with Crippen LogP contribution in [0.4, 0.5) is 0 Å². The Morgan fingerprint density at radius 3 is 2.27 bits per heavy atom. The molecule has 0 aromatic heterocycles. The molecule has 0 unspecified atom stereocenters. The maximum absolute atomic E-state index is 10.9. The lowest BCUT2D eigenvalue weighted by Crippen LogP contribution is -2.24. The summed E-state index contributed by atoms with van der Waals surface area (Å²) in [6.45, 7) is 0. The van der Waals surface area contributed by atoms with Crippen LogP contribution in [0, 0.1) is 11.8 Å². The lowest BCUT2D eigenvalue weighted by atomic mass is 9.72. The van der Waals surface area contributed by atoms with E-state index in [0.717, 1.165) is 5.57 Å². The van der Waals surface area contributed by atoms with E-state index in [4.69, 9.17) is 11.6 Å². The van der Waals surface area contributed by atoms with Gasteiger partial charge in [-0.3, -0.25) is 4.79 Å². The molecule has 0 saturated heterocycles. The largest absolute Gasteiger partial charge is 0.276 e. The van der Waals surface area contributed by atoms with Crippen LogP contribution in [0.2, 0.25) is 0 Å². The second kappa shape index (κ2) is 2.63. The second-order valence-corrected chi connectivity index (χ2v) is 3.85. The van der Waals surface area contributed by atoms with Crippen molar-refractivity contribution in [1.82, 2.24) is 0 Å². The SMILES string of the molecule is O=C(Cl)C1=CC2CCC1CC2. The Labute approximate surface area is 71.4 Å². The second-order valence-electron chi connectivity index (χ2n) is 3.51. The molecule has 0 aromatic rings. The number of carbonyl (C=O) groups excluding carboxylic acids is 1. The Kier molecular flexibility index (Phi) is 1.76. The van der Waals surface area contributed by atoms with E-state index in [2.05, 4.69) is 6.08 Å². The first-order chi connectivity index (χ1) is 5.27. The normalized spacial score (nSPS) is 35.2. The number of halogens is 1. The van der Waals surface area contributed by atoms with Gasteiger partial charge in [0.15, 0.2) is 0 Å². The van der Waals surface area contributed by atoms with E-state index in [0.29, 0.717) is 11.8 Å². The first-order valence-electron chi connectivity index (χ1n) is 4.19. The quantitative estimate of drug-likeness (QED) is 0.553. The highest BCUT2D eigenvalue weighted by molar-refractivity contribution is 6.67. The topological polar surface area (TPSA) is 17.1 Å². The molecule has 0 aromatic carbocycles. The summed E-state index contributed by atoms with van der Waals surface area (Å²) in [7, 11) is 0. The standard InChI is InChI=1S/C9H11ClO/c10-9(11)8-5-6-1-3-7(8)4-2-6/h5-7H,1-4H2. The predicted octanol–water partition coefficient (Wildman–Crippen LogP) is 2.50. The lowest BCUT2D eigenvalue weighted by molar-refractivity contribution is -0.109. The maximum Gasteiger partial charge on any atom is 0.248 e. The monoisotopic (exact) mass is 170 g/mol. The zero-order chi connectivity index (χ0) is 7.84. The van der Waals surface area contributed by atoms with Gasteiger partial charge in [-0.15, -0.1) is 0 Å². The molecular weight excluding hydrogens is 160 g/mol. The number of hydrogen-bond donors (Lipinski definition) is 0. The number of rotatable bonds is 1. The van der Waals surface area contributed by atoms with Gasteiger partial charge < -0.3 is 0 Å². The van der Waals surface area contributed by atoms with Crippen molar-refractivity contribution in [1.29, 1.82) is 0 Å². The summed E-state index contributed by atoms with van der Waals surface area (Å²) < 4.78 is 0. The first-order valence-corrected chi connectivity index (χ1v) is 4.56. The number of hydrogen-bond acceptors (Lipinski definition) is 1. The summed E-state index contributed by atoms with van der Waals surface area (Å²) in [5.41, 5.74) is 0.897. The van der Waals surface area contributed by atoms with Crippen LogP contribution in [0.1, 0.15) is 25.7 Å². The molecule has 0 spiro atoms. The van der Waals surface area contributed by atoms with Crippen molar-refractivity contribution in [2.24, 2.45) is 11.8 Å². The smallest absolute Gasteiger partial charge is 0.248 e. The van der Waals surface area contributed by atoms with Crippen molar-refractivity contribution in [2.75, 3.05) is 0 Å². The maximum atomic E-state index is 10.9. The molecule has 1 fully saturated rings. The zero-order valence-electron chi connectivity index (χ0n) is 6.35. The van der Waals surface area contributed by atoms with Crippen LogP contribution < -0.4 is 0 Å². The molecule has 11 heavy (non-hydrogen) atoms. The van der Waals surface area contributed by atoms with Crippen molar-refractivity contribution >= 4 is 16.8 Å². The molecule has 60 valence electrons. The fraction of sp³-hybridized carbons (Fsp3) is 0.667. The minimum Gasteiger partial charge on any atom is -0.276 e. The molecule has 0 aliphatic heterocycles. The summed E-state index contributed by atoms with van der Waals surface area (Å²) in [6.07, 6.45) is 6.97. The van der Waals surface area contributed by atoms with Crippen LogP contribution in [0.3, 0.4) is 0 Å². The van der Waals surface area contributed by atoms with E-state index >= 15 is 0 Å². The van der Waals surface area contributed by atoms with Gasteiger partial charge in [0.2, 0.25) is 5.24 Å². The van der Waals surface area contributed by atoms with Gasteiger partial charge in [-0.05, 0) is 49.1 Å². The highest BCUT2D eigenvalue weighted by atomic mass is 35.5. The third kappa shape index (κ3) is 1.22. The van der Waals surface area contributed by atoms with Crippen LogP contribution in [0.25, 0.3) is 0 Å². The Balaban J connectivity index is 2.27. The third-order valence-corrected chi connectivity index (χ3v) is 3.07. The minimum atomic E-state index is -0.223. The summed E-state index contributed by atoms with van der Waals surface area (Å²) in [4.78, 5) is 10.9. The number of carbonyl (C=O) groups is 1. The summed E-state index contributed by atoms with van der Waals surface area (Å²) in [5.74, 6) is 1.14. The van der Waals surface area contributed by atoms with Crippen LogP contribution >= 0.6 is 11.6 Å². The van der Waals surface area contributed by atoms with Gasteiger partial charge in [-0.25, -0.2) is 0 Å². The van der Waals surface area contributed by atoms with E-state index in [9.17, 15) is 4.79 Å². The third-order valence-electron chi connectivity index (χ3n) is 2.85. The lowest BCUT2D eigenvalue weighted by Gasteiger charge is -2.33. The Morgan fingerprint density at radius 1 is 1.36 bits per heavy atom. The molecule has 3 rings (SSSR count). The molecule has 0 atom stereocenters. The van der Waals surface area contributed by atoms with E-state index in [1.165, 1.54) is 25.7 Å². The van der Waals surface area contributed by atoms with Gasteiger partial charge in [0, 0.05) is 5.57 Å². The molecule has 3 aliphatic carbocycles. The molecule has 0 amide bonds. The van der Waals surface area contributed by atoms with Crippen molar-refractivity contribution in [3.8, 4) is 0 Å². The molecule has 0 radical (unpaired) electrons. The Hall–Kier alpha value is -0.300. The molecule has 0 N–H and O–H groups in total. The van der Waals surface area contributed by atoms with Gasteiger partial charge in [0.05, 0.1) is 0 Å². The minimum absolute atomic E-state index is 0.223. The van der Waals surface area contributed by atoms with Gasteiger partial charge >= 0.3 is 0 Å². The van der Waals surface area contributed by atoms with E-state index < -0.39 is 0 Å². The average molecular weight is 171 g/mol. The Morgan fingerprint density at radius 2 is 2.00 bits per heavy atom. The van der Waals surface area contributed by atoms with Gasteiger partial charge in [-0.2, -0.15) is 0 Å². The summed E-state index contributed by atoms with van der Waals surface area (Å²) in [6, 6.07) is 0. The molecule has 2 bridgehead atoms. The Bertz CT molecular complexity index is 212. The van der Waals surface area contributed by atoms with E-state index in [1.54, 1.807) is 0 Å². The zero-order valence-corrected chi connectivity index (χ0v) is 7.10. The van der Waals surface area contributed by atoms with Crippen molar-refractivity contribution in [2.45, 2.75) is 25.7 Å². The average Bonchev–Trinajstić information content (AvgIpc) is 2.06. The summed E-state index contributed by atoms with van der Waals surface area (Å²) in [5, 5.41) is -0.223. The van der Waals surface area contributed by atoms with Crippen molar-refractivity contribution in [3.63, 3.8) is 0 Å². The van der Waals surface area contributed by atoms with Crippen molar-refractivity contribution in [3.05, 3.63) is 11.6 Å². The predicted molar refractivity (Wildman–Crippen MR) is 44.4 cm³/mol. The van der Waals surface area contributed by atoms with Gasteiger partial charge in [0.25, 0.3) is 0 Å². The fourth-order valence-corrected chi connectivity index (χ4v) is 2.43. The van der Waals surface area contributed by atoms with E-state index in [-0.39, 0.29) is 5.24 Å². The van der Waals surface area contributed by atoms with Gasteiger partial charge in [-0.1, -0.05) is 6.08 Å². The number of allylic oxidation sites excluding steroid dienone is 2. The fourth-order valence-electron chi connectivity index (χ4n) is 2.21.